The van der Waals surface area contributed by atoms with Gasteiger partial charge >= 0.3 is 0 Å². The Hall–Kier alpha value is -3.52. The van der Waals surface area contributed by atoms with Gasteiger partial charge in [-0.25, -0.2) is 0 Å². The first-order valence-corrected chi connectivity index (χ1v) is 8.27. The molecule has 0 bridgehead atoms. The predicted molar refractivity (Wildman–Crippen MR) is 111 cm³/mol. The van der Waals surface area contributed by atoms with Crippen molar-refractivity contribution in [2.45, 2.75) is 0 Å². The first-order valence-electron chi connectivity index (χ1n) is 10.8. The van der Waals surface area contributed by atoms with Crippen molar-refractivity contribution in [3.05, 3.63) is 103 Å². The first-order chi connectivity index (χ1) is 14.9. The van der Waals surface area contributed by atoms with Crippen molar-refractivity contribution in [1.29, 1.82) is 0 Å². The fourth-order valence-corrected chi connectivity index (χ4v) is 2.88. The highest BCUT2D eigenvalue weighted by molar-refractivity contribution is 5.94. The molecule has 0 unspecified atom stereocenters. The molecule has 0 amide bonds. The molecular weight excluding hydrogens is 316 g/mol. The standard InChI is InChI=1S/C24H20N2/c25-22-16-7-8-17-23(22)26-24-20(18-10-3-1-4-11-18)14-9-15-21(24)19-12-5-2-6-13-19/h1-17,26H,25H2/i1D,3D,4D,10D,11D. The summed E-state index contributed by atoms with van der Waals surface area (Å²) in [6.45, 7) is 0. The lowest BCUT2D eigenvalue weighted by atomic mass is 9.95. The molecule has 0 fully saturated rings. The Labute approximate surface area is 161 Å². The maximum Gasteiger partial charge on any atom is 0.0629 e. The first kappa shape index (κ1) is 11.2. The van der Waals surface area contributed by atoms with Crippen LogP contribution in [0.1, 0.15) is 6.85 Å². The Morgan fingerprint density at radius 2 is 1.31 bits per heavy atom. The molecule has 126 valence electrons. The largest absolute Gasteiger partial charge is 0.397 e. The quantitative estimate of drug-likeness (QED) is 0.425. The van der Waals surface area contributed by atoms with E-state index >= 15 is 0 Å². The van der Waals surface area contributed by atoms with Crippen molar-refractivity contribution in [2.75, 3.05) is 11.1 Å². The van der Waals surface area contributed by atoms with Gasteiger partial charge < -0.3 is 11.1 Å². The molecule has 0 atom stereocenters. The zero-order valence-corrected chi connectivity index (χ0v) is 14.0. The van der Waals surface area contributed by atoms with Crippen LogP contribution in [-0.2, 0) is 0 Å². The van der Waals surface area contributed by atoms with Crippen molar-refractivity contribution >= 4 is 17.1 Å². The SMILES string of the molecule is [2H]c1c([2H])c([2H])c(-c2cccc(-c3ccccc3)c2Nc2ccccc2N)c([2H])c1[2H]. The monoisotopic (exact) mass is 341 g/mol. The van der Waals surface area contributed by atoms with Crippen LogP contribution in [0.25, 0.3) is 22.3 Å². The molecule has 26 heavy (non-hydrogen) atoms. The summed E-state index contributed by atoms with van der Waals surface area (Å²) in [6, 6.07) is 20.8. The number of anilines is 3. The lowest BCUT2D eigenvalue weighted by molar-refractivity contribution is 1.52. The molecule has 0 radical (unpaired) electrons. The second kappa shape index (κ2) is 7.16. The Morgan fingerprint density at radius 1 is 0.654 bits per heavy atom. The Morgan fingerprint density at radius 3 is 2.04 bits per heavy atom. The van der Waals surface area contributed by atoms with Gasteiger partial charge in [0.2, 0.25) is 0 Å². The summed E-state index contributed by atoms with van der Waals surface area (Å²) < 4.78 is 41.0. The number of para-hydroxylation sites is 3. The number of benzene rings is 4. The smallest absolute Gasteiger partial charge is 0.0629 e. The Kier molecular flexibility index (Phi) is 3.07. The number of hydrogen-bond acceptors (Lipinski definition) is 2. The third-order valence-electron chi connectivity index (χ3n) is 4.14. The third kappa shape index (κ3) is 3.17. The molecule has 0 aliphatic heterocycles. The van der Waals surface area contributed by atoms with Crippen LogP contribution in [-0.4, -0.2) is 0 Å². The normalized spacial score (nSPS) is 13.2. The highest BCUT2D eigenvalue weighted by atomic mass is 14.9. The summed E-state index contributed by atoms with van der Waals surface area (Å²) in [7, 11) is 0. The van der Waals surface area contributed by atoms with Crippen LogP contribution in [0.5, 0.6) is 0 Å². The molecule has 2 nitrogen and oxygen atoms in total. The lowest BCUT2D eigenvalue weighted by Crippen LogP contribution is -1.99. The second-order valence-electron chi connectivity index (χ2n) is 5.81. The van der Waals surface area contributed by atoms with Gasteiger partial charge in [-0.2, -0.15) is 0 Å². The van der Waals surface area contributed by atoms with Crippen LogP contribution in [0.4, 0.5) is 17.1 Å². The molecule has 4 aromatic rings. The van der Waals surface area contributed by atoms with E-state index in [-0.39, 0.29) is 29.7 Å². The van der Waals surface area contributed by atoms with E-state index in [9.17, 15) is 0 Å². The zero-order chi connectivity index (χ0) is 22.1. The van der Waals surface area contributed by atoms with Gasteiger partial charge in [-0.1, -0.05) is 90.9 Å². The summed E-state index contributed by atoms with van der Waals surface area (Å²) >= 11 is 0. The van der Waals surface area contributed by atoms with E-state index in [0.717, 1.165) is 11.1 Å². The molecule has 0 heterocycles. The van der Waals surface area contributed by atoms with Crippen LogP contribution in [0, 0.1) is 0 Å². The van der Waals surface area contributed by atoms with Crippen molar-refractivity contribution in [1.82, 2.24) is 0 Å². The minimum atomic E-state index is -0.417. The van der Waals surface area contributed by atoms with Gasteiger partial charge in [0, 0.05) is 11.1 Å². The van der Waals surface area contributed by atoms with Crippen molar-refractivity contribution in [3.63, 3.8) is 0 Å². The van der Waals surface area contributed by atoms with E-state index in [1.54, 1.807) is 12.1 Å². The topological polar surface area (TPSA) is 38.0 Å². The maximum absolute atomic E-state index is 8.44. The van der Waals surface area contributed by atoms with Crippen LogP contribution in [0.2, 0.25) is 0 Å². The minimum absolute atomic E-state index is 0.140. The fraction of sp³-hybridized carbons (Fsp3) is 0. The zero-order valence-electron chi connectivity index (χ0n) is 19.0. The van der Waals surface area contributed by atoms with Crippen molar-refractivity contribution in [3.8, 4) is 22.3 Å². The summed E-state index contributed by atoms with van der Waals surface area (Å²) in [5, 5.41) is 3.35. The molecule has 0 saturated carbocycles. The minimum Gasteiger partial charge on any atom is -0.397 e. The Balaban J connectivity index is 2.04. The molecule has 0 aliphatic carbocycles. The molecule has 0 saturated heterocycles. The Bertz CT molecular complexity index is 1240. The summed E-state index contributed by atoms with van der Waals surface area (Å²) in [4.78, 5) is 0. The predicted octanol–water partition coefficient (Wildman–Crippen LogP) is 6.35. The molecule has 2 heteroatoms. The van der Waals surface area contributed by atoms with Gasteiger partial charge in [0.25, 0.3) is 0 Å². The van der Waals surface area contributed by atoms with E-state index in [1.165, 1.54) is 0 Å². The summed E-state index contributed by atoms with van der Waals surface area (Å²) in [5.41, 5.74) is 10.4. The van der Waals surface area contributed by atoms with Gasteiger partial charge in [-0.15, -0.1) is 0 Å². The van der Waals surface area contributed by atoms with E-state index in [2.05, 4.69) is 5.32 Å². The lowest BCUT2D eigenvalue weighted by Gasteiger charge is -2.18. The number of nitrogens with two attached hydrogens (primary N) is 1. The fourth-order valence-electron chi connectivity index (χ4n) is 2.88. The van der Waals surface area contributed by atoms with Gasteiger partial charge in [0.1, 0.15) is 0 Å². The number of rotatable bonds is 4. The van der Waals surface area contributed by atoms with Crippen LogP contribution in [0.15, 0.2) is 103 Å². The molecule has 0 aliphatic rings. The number of nitrogen functional groups attached to an aromatic ring is 1. The number of nitrogens with one attached hydrogen (secondary N) is 1. The van der Waals surface area contributed by atoms with Gasteiger partial charge in [-0.3, -0.25) is 0 Å². The van der Waals surface area contributed by atoms with Crippen molar-refractivity contribution in [2.24, 2.45) is 0 Å². The average molecular weight is 341 g/mol. The average Bonchev–Trinajstić information content (AvgIpc) is 2.79. The highest BCUT2D eigenvalue weighted by Gasteiger charge is 2.13. The van der Waals surface area contributed by atoms with Gasteiger partial charge in [0.05, 0.1) is 23.9 Å². The molecule has 4 rings (SSSR count). The van der Waals surface area contributed by atoms with E-state index in [1.807, 2.05) is 60.7 Å². The van der Waals surface area contributed by atoms with Gasteiger partial charge in [0.15, 0.2) is 0 Å². The van der Waals surface area contributed by atoms with E-state index in [0.29, 0.717) is 22.6 Å². The van der Waals surface area contributed by atoms with E-state index in [4.69, 9.17) is 12.6 Å². The molecule has 4 aromatic carbocycles. The summed E-state index contributed by atoms with van der Waals surface area (Å²) in [5.74, 6) is 0. The van der Waals surface area contributed by atoms with Crippen molar-refractivity contribution < 1.29 is 6.85 Å². The maximum atomic E-state index is 8.44. The van der Waals surface area contributed by atoms with E-state index < -0.39 is 6.04 Å². The van der Waals surface area contributed by atoms with Crippen LogP contribution < -0.4 is 11.1 Å². The molecule has 3 N–H and O–H groups in total. The van der Waals surface area contributed by atoms with Crippen LogP contribution >= 0.6 is 0 Å². The van der Waals surface area contributed by atoms with Crippen LogP contribution in [0.3, 0.4) is 0 Å². The molecule has 0 aromatic heterocycles. The highest BCUT2D eigenvalue weighted by Crippen LogP contribution is 2.39. The van der Waals surface area contributed by atoms with Gasteiger partial charge in [-0.05, 0) is 23.3 Å². The number of hydrogen-bond donors (Lipinski definition) is 2. The summed E-state index contributed by atoms with van der Waals surface area (Å²) in [6.07, 6.45) is 0. The molecular formula is C24H20N2. The third-order valence-corrected chi connectivity index (χ3v) is 4.14. The second-order valence-corrected chi connectivity index (χ2v) is 5.81. The molecule has 0 spiro atoms.